The Bertz CT molecular complexity index is 1150. The summed E-state index contributed by atoms with van der Waals surface area (Å²) in [4.78, 5) is 15.3. The highest BCUT2D eigenvalue weighted by atomic mass is 19.1. The van der Waals surface area contributed by atoms with E-state index in [2.05, 4.69) is 10.3 Å². The van der Waals surface area contributed by atoms with Crippen LogP contribution in [0.15, 0.2) is 54.6 Å². The number of anilines is 1. The molecule has 0 aliphatic heterocycles. The van der Waals surface area contributed by atoms with Gasteiger partial charge in [-0.15, -0.1) is 0 Å². The number of H-pyrrole nitrogens is 1. The van der Waals surface area contributed by atoms with Crippen molar-refractivity contribution in [3.05, 3.63) is 71.8 Å². The number of phenols is 1. The van der Waals surface area contributed by atoms with Crippen molar-refractivity contribution in [2.24, 2.45) is 0 Å². The molecule has 1 heterocycles. The van der Waals surface area contributed by atoms with E-state index in [0.717, 1.165) is 27.9 Å². The topological polar surface area (TPSA) is 65.1 Å². The van der Waals surface area contributed by atoms with Crippen molar-refractivity contribution in [1.29, 1.82) is 0 Å². The Hall–Kier alpha value is -3.41. The van der Waals surface area contributed by atoms with Crippen LogP contribution >= 0.6 is 0 Å². The molecule has 6 heteroatoms. The van der Waals surface area contributed by atoms with E-state index in [-0.39, 0.29) is 23.8 Å². The van der Waals surface area contributed by atoms with Gasteiger partial charge in [0.25, 0.3) is 0 Å². The number of aromatic hydroxyl groups is 1. The molecule has 0 bridgehead atoms. The number of carbonyl (C=O) groups excluding carboxylic acids is 1. The second-order valence-corrected chi connectivity index (χ2v) is 6.09. The van der Waals surface area contributed by atoms with E-state index in [1.807, 2.05) is 18.2 Å². The lowest BCUT2D eigenvalue weighted by Crippen LogP contribution is -2.14. The zero-order chi connectivity index (χ0) is 18.3. The fourth-order valence-corrected chi connectivity index (χ4v) is 3.01. The third-order valence-electron chi connectivity index (χ3n) is 4.22. The van der Waals surface area contributed by atoms with Gasteiger partial charge in [0.2, 0.25) is 5.91 Å². The maximum atomic E-state index is 13.4. The van der Waals surface area contributed by atoms with Gasteiger partial charge < -0.3 is 15.4 Å². The zero-order valence-corrected chi connectivity index (χ0v) is 13.5. The van der Waals surface area contributed by atoms with Crippen molar-refractivity contribution in [2.45, 2.75) is 6.42 Å². The second kappa shape index (κ2) is 6.15. The lowest BCUT2D eigenvalue weighted by Gasteiger charge is -2.06. The first-order valence-electron chi connectivity index (χ1n) is 7.98. The first-order chi connectivity index (χ1) is 12.5. The smallest absolute Gasteiger partial charge is 0.228 e. The highest BCUT2D eigenvalue weighted by Crippen LogP contribution is 2.27. The predicted molar refractivity (Wildman–Crippen MR) is 96.2 cm³/mol. The molecule has 0 aliphatic rings. The van der Waals surface area contributed by atoms with Gasteiger partial charge in [-0.25, -0.2) is 8.78 Å². The van der Waals surface area contributed by atoms with E-state index in [4.69, 9.17) is 0 Å². The van der Waals surface area contributed by atoms with E-state index in [1.165, 1.54) is 24.3 Å². The molecule has 0 spiro atoms. The molecule has 130 valence electrons. The molecule has 0 aliphatic carbocycles. The number of phenolic OH excluding ortho intramolecular Hbond substituents is 1. The number of aromatic nitrogens is 1. The highest BCUT2D eigenvalue weighted by Gasteiger charge is 2.10. The van der Waals surface area contributed by atoms with Gasteiger partial charge in [0.05, 0.1) is 6.42 Å². The number of fused-ring (bicyclic) bond motifs is 3. The minimum atomic E-state index is -0.797. The van der Waals surface area contributed by atoms with Crippen LogP contribution in [0.2, 0.25) is 0 Å². The van der Waals surface area contributed by atoms with Crippen LogP contribution < -0.4 is 5.32 Å². The first-order valence-corrected chi connectivity index (χ1v) is 7.98. The molecule has 0 unspecified atom stereocenters. The molecular weight excluding hydrogens is 338 g/mol. The Balaban J connectivity index is 1.57. The van der Waals surface area contributed by atoms with Crippen LogP contribution in [0.5, 0.6) is 5.75 Å². The summed E-state index contributed by atoms with van der Waals surface area (Å²) in [6.45, 7) is 0. The molecule has 26 heavy (non-hydrogen) atoms. The van der Waals surface area contributed by atoms with Crippen LogP contribution in [-0.2, 0) is 11.2 Å². The van der Waals surface area contributed by atoms with E-state index < -0.39 is 11.6 Å². The lowest BCUT2D eigenvalue weighted by molar-refractivity contribution is -0.115. The second-order valence-electron chi connectivity index (χ2n) is 6.09. The minimum absolute atomic E-state index is 0.0994. The van der Waals surface area contributed by atoms with Crippen molar-refractivity contribution < 1.29 is 18.7 Å². The van der Waals surface area contributed by atoms with Crippen LogP contribution in [0.1, 0.15) is 5.56 Å². The summed E-state index contributed by atoms with van der Waals surface area (Å²) >= 11 is 0. The number of nitrogens with one attached hydrogen (secondary N) is 2. The van der Waals surface area contributed by atoms with Gasteiger partial charge in [0.1, 0.15) is 5.82 Å². The van der Waals surface area contributed by atoms with E-state index in [0.29, 0.717) is 5.52 Å². The molecule has 4 nitrogen and oxygen atoms in total. The average Bonchev–Trinajstić information content (AvgIpc) is 2.94. The van der Waals surface area contributed by atoms with Gasteiger partial charge in [-0.05, 0) is 42.0 Å². The van der Waals surface area contributed by atoms with Crippen molar-refractivity contribution in [1.82, 2.24) is 4.98 Å². The molecule has 0 fully saturated rings. The lowest BCUT2D eigenvalue weighted by atomic mass is 10.1. The largest absolute Gasteiger partial charge is 0.505 e. The number of halogens is 2. The Morgan fingerprint density at radius 3 is 2.46 bits per heavy atom. The van der Waals surface area contributed by atoms with Gasteiger partial charge in [-0.1, -0.05) is 12.1 Å². The van der Waals surface area contributed by atoms with Crippen LogP contribution in [0.3, 0.4) is 0 Å². The normalized spacial score (nSPS) is 11.2. The van der Waals surface area contributed by atoms with Crippen molar-refractivity contribution in [2.75, 3.05) is 5.32 Å². The van der Waals surface area contributed by atoms with Crippen molar-refractivity contribution in [3.8, 4) is 5.75 Å². The highest BCUT2D eigenvalue weighted by molar-refractivity contribution is 6.07. The van der Waals surface area contributed by atoms with Crippen LogP contribution in [0, 0.1) is 11.6 Å². The van der Waals surface area contributed by atoms with Gasteiger partial charge in [0.15, 0.2) is 11.6 Å². The van der Waals surface area contributed by atoms with Crippen LogP contribution in [-0.4, -0.2) is 16.0 Å². The Kier molecular flexibility index (Phi) is 3.80. The molecule has 1 amide bonds. The van der Waals surface area contributed by atoms with Crippen molar-refractivity contribution in [3.63, 3.8) is 0 Å². The predicted octanol–water partition coefficient (Wildman–Crippen LogP) is 4.49. The van der Waals surface area contributed by atoms with Crippen LogP contribution in [0.4, 0.5) is 14.5 Å². The average molecular weight is 352 g/mol. The quantitative estimate of drug-likeness (QED) is 0.476. The van der Waals surface area contributed by atoms with Crippen LogP contribution in [0.25, 0.3) is 21.8 Å². The fraction of sp³-hybridized carbons (Fsp3) is 0.0500. The summed E-state index contributed by atoms with van der Waals surface area (Å²) < 4.78 is 26.7. The number of hydrogen-bond acceptors (Lipinski definition) is 2. The minimum Gasteiger partial charge on any atom is -0.505 e. The zero-order valence-electron chi connectivity index (χ0n) is 13.5. The Labute approximate surface area is 147 Å². The van der Waals surface area contributed by atoms with Gasteiger partial charge in [0, 0.05) is 33.6 Å². The molecule has 3 aromatic carbocycles. The van der Waals surface area contributed by atoms with Gasteiger partial charge in [-0.2, -0.15) is 0 Å². The molecule has 0 radical (unpaired) electrons. The third-order valence-corrected chi connectivity index (χ3v) is 4.22. The van der Waals surface area contributed by atoms with E-state index in [1.54, 1.807) is 6.07 Å². The molecule has 4 rings (SSSR count). The molecule has 1 aromatic heterocycles. The molecule has 0 saturated carbocycles. The summed E-state index contributed by atoms with van der Waals surface area (Å²) in [7, 11) is 0. The third kappa shape index (κ3) is 2.97. The molecule has 0 atom stereocenters. The first kappa shape index (κ1) is 16.1. The summed E-state index contributed by atoms with van der Waals surface area (Å²) in [6, 6.07) is 13.8. The standard InChI is InChI=1S/C20H14F2N2O2/c21-12-2-5-15-14-4-1-11(7-17(14)24-18(15)9-12)8-20(26)23-13-3-6-19(25)16(22)10-13/h1-7,9-10,24-25H,8H2,(H,23,26). The van der Waals surface area contributed by atoms with Gasteiger partial charge >= 0.3 is 0 Å². The van der Waals surface area contributed by atoms with Crippen molar-refractivity contribution >= 4 is 33.4 Å². The summed E-state index contributed by atoms with van der Waals surface area (Å²) in [5.41, 5.74) is 2.54. The summed E-state index contributed by atoms with van der Waals surface area (Å²) in [5.74, 6) is -1.89. The summed E-state index contributed by atoms with van der Waals surface area (Å²) in [6.07, 6.45) is 0.0994. The Morgan fingerprint density at radius 1 is 0.962 bits per heavy atom. The number of carbonyl (C=O) groups is 1. The maximum absolute atomic E-state index is 13.4. The number of aromatic amines is 1. The maximum Gasteiger partial charge on any atom is 0.228 e. The van der Waals surface area contributed by atoms with E-state index >= 15 is 0 Å². The fourth-order valence-electron chi connectivity index (χ4n) is 3.01. The van der Waals surface area contributed by atoms with Gasteiger partial charge in [-0.3, -0.25) is 4.79 Å². The molecular formula is C20H14F2N2O2. The molecule has 3 N–H and O–H groups in total. The number of benzene rings is 3. The number of hydrogen-bond donors (Lipinski definition) is 3. The SMILES string of the molecule is O=C(Cc1ccc2c(c1)[nH]c1cc(F)ccc12)Nc1ccc(O)c(F)c1. The monoisotopic (exact) mass is 352 g/mol. The number of amides is 1. The van der Waals surface area contributed by atoms with E-state index in [9.17, 15) is 18.7 Å². The number of rotatable bonds is 3. The summed E-state index contributed by atoms with van der Waals surface area (Å²) in [5, 5.41) is 13.6. The molecule has 4 aromatic rings. The molecule has 0 saturated heterocycles. The Morgan fingerprint density at radius 2 is 1.69 bits per heavy atom.